The van der Waals surface area contributed by atoms with Gasteiger partial charge in [0.2, 0.25) is 0 Å². The monoisotopic (exact) mass is 353 g/mol. The fourth-order valence-electron chi connectivity index (χ4n) is 3.46. The third-order valence-corrected chi connectivity index (χ3v) is 5.22. The van der Waals surface area contributed by atoms with E-state index in [-0.39, 0.29) is 5.91 Å². The van der Waals surface area contributed by atoms with Crippen LogP contribution in [0.1, 0.15) is 16.9 Å². The molecule has 0 radical (unpaired) electrons. The highest BCUT2D eigenvalue weighted by Crippen LogP contribution is 2.27. The van der Waals surface area contributed by atoms with Crippen molar-refractivity contribution in [3.05, 3.63) is 65.3 Å². The molecule has 0 aliphatic carbocycles. The number of nitrogens with one attached hydrogen (secondary N) is 2. The molecule has 0 bridgehead atoms. The van der Waals surface area contributed by atoms with Gasteiger partial charge in [0.25, 0.3) is 5.91 Å². The number of aromatic amines is 1. The molecule has 1 amide bonds. The molecule has 5 heteroatoms. The Morgan fingerprint density at radius 1 is 1.16 bits per heavy atom. The van der Waals surface area contributed by atoms with Gasteiger partial charge in [-0.25, -0.2) is 0 Å². The maximum absolute atomic E-state index is 12.5. The first-order valence-electron chi connectivity index (χ1n) is 8.57. The van der Waals surface area contributed by atoms with Gasteiger partial charge in [0.05, 0.1) is 5.02 Å². The number of carbonyl (C=O) groups is 1. The van der Waals surface area contributed by atoms with E-state index < -0.39 is 0 Å². The summed E-state index contributed by atoms with van der Waals surface area (Å²) in [6.45, 7) is 2.65. The Balaban J connectivity index is 1.38. The van der Waals surface area contributed by atoms with E-state index in [2.05, 4.69) is 39.5 Å². The molecular weight excluding hydrogens is 334 g/mol. The van der Waals surface area contributed by atoms with E-state index in [1.807, 2.05) is 30.3 Å². The van der Waals surface area contributed by atoms with Crippen LogP contribution in [0.4, 0.5) is 5.69 Å². The average molecular weight is 354 g/mol. The highest BCUT2D eigenvalue weighted by Gasteiger charge is 2.24. The summed E-state index contributed by atoms with van der Waals surface area (Å²) < 4.78 is 0. The van der Waals surface area contributed by atoms with Crippen LogP contribution in [0.3, 0.4) is 0 Å². The second-order valence-electron chi connectivity index (χ2n) is 6.51. The number of hydrogen-bond donors (Lipinski definition) is 2. The minimum absolute atomic E-state index is 0.139. The number of nitrogens with zero attached hydrogens (tertiary/aromatic N) is 1. The zero-order valence-electron chi connectivity index (χ0n) is 13.8. The first kappa shape index (κ1) is 16.0. The number of para-hydroxylation sites is 2. The van der Waals surface area contributed by atoms with Crippen molar-refractivity contribution in [1.29, 1.82) is 0 Å². The van der Waals surface area contributed by atoms with Crippen LogP contribution in [0.5, 0.6) is 0 Å². The van der Waals surface area contributed by atoms with Crippen LogP contribution in [0.15, 0.2) is 54.6 Å². The topological polar surface area (TPSA) is 48.1 Å². The van der Waals surface area contributed by atoms with Crippen LogP contribution in [0.25, 0.3) is 10.9 Å². The van der Waals surface area contributed by atoms with Gasteiger partial charge in [-0.1, -0.05) is 48.0 Å². The van der Waals surface area contributed by atoms with E-state index in [9.17, 15) is 4.79 Å². The maximum Gasteiger partial charge on any atom is 0.269 e. The van der Waals surface area contributed by atoms with Crippen LogP contribution in [-0.2, 0) is 0 Å². The Bertz CT molecular complexity index is 890. The number of fused-ring (bicyclic) bond motifs is 1. The van der Waals surface area contributed by atoms with E-state index in [0.29, 0.717) is 23.2 Å². The highest BCUT2D eigenvalue weighted by atomic mass is 35.5. The fourth-order valence-corrected chi connectivity index (χ4v) is 3.76. The molecule has 128 valence electrons. The zero-order valence-corrected chi connectivity index (χ0v) is 14.6. The molecule has 2 heterocycles. The Morgan fingerprint density at radius 2 is 1.92 bits per heavy atom. The summed E-state index contributed by atoms with van der Waals surface area (Å²) in [5, 5.41) is 4.40. The smallest absolute Gasteiger partial charge is 0.269 e. The van der Waals surface area contributed by atoms with Crippen molar-refractivity contribution in [2.45, 2.75) is 6.42 Å². The molecule has 1 fully saturated rings. The maximum atomic E-state index is 12.5. The van der Waals surface area contributed by atoms with Gasteiger partial charge in [-0.15, -0.1) is 0 Å². The lowest BCUT2D eigenvalue weighted by atomic mass is 10.1. The molecule has 1 aliphatic heterocycles. The van der Waals surface area contributed by atoms with Gasteiger partial charge >= 0.3 is 0 Å². The molecular formula is C20H20ClN3O. The van der Waals surface area contributed by atoms with Gasteiger partial charge in [0.15, 0.2) is 0 Å². The van der Waals surface area contributed by atoms with Crippen LogP contribution >= 0.6 is 11.6 Å². The van der Waals surface area contributed by atoms with Gasteiger partial charge in [0.1, 0.15) is 5.69 Å². The number of halogens is 1. The second-order valence-corrected chi connectivity index (χ2v) is 6.88. The molecule has 25 heavy (non-hydrogen) atoms. The summed E-state index contributed by atoms with van der Waals surface area (Å²) in [7, 11) is 0. The number of benzene rings is 2. The molecule has 1 atom stereocenters. The van der Waals surface area contributed by atoms with Gasteiger partial charge in [0, 0.05) is 36.2 Å². The minimum Gasteiger partial charge on any atom is -0.371 e. The molecule has 3 aromatic rings. The third kappa shape index (κ3) is 3.22. The zero-order chi connectivity index (χ0) is 17.2. The normalized spacial score (nSPS) is 17.2. The number of anilines is 1. The Morgan fingerprint density at radius 3 is 2.72 bits per heavy atom. The van der Waals surface area contributed by atoms with E-state index in [0.717, 1.165) is 30.4 Å². The van der Waals surface area contributed by atoms with Crippen LogP contribution in [-0.4, -0.2) is 30.5 Å². The quantitative estimate of drug-likeness (QED) is 0.742. The predicted octanol–water partition coefficient (Wildman–Crippen LogP) is 4.08. The molecule has 1 saturated heterocycles. The summed E-state index contributed by atoms with van der Waals surface area (Å²) in [6.07, 6.45) is 1.08. The molecule has 1 aliphatic rings. The van der Waals surface area contributed by atoms with Crippen molar-refractivity contribution in [3.8, 4) is 0 Å². The standard InChI is InChI=1S/C20H20ClN3O/c21-18-16-8-4-5-9-17(16)23-19(18)20(25)22-12-14-10-11-24(13-14)15-6-2-1-3-7-15/h1-9,14,23H,10-13H2,(H,22,25). The largest absolute Gasteiger partial charge is 0.371 e. The summed E-state index contributed by atoms with van der Waals surface area (Å²) in [5.41, 5.74) is 2.57. The first-order chi connectivity index (χ1) is 12.2. The predicted molar refractivity (Wildman–Crippen MR) is 102 cm³/mol. The van der Waals surface area contributed by atoms with Crippen molar-refractivity contribution in [2.75, 3.05) is 24.5 Å². The minimum atomic E-state index is -0.139. The molecule has 0 saturated carbocycles. The van der Waals surface area contributed by atoms with E-state index in [4.69, 9.17) is 11.6 Å². The van der Waals surface area contributed by atoms with Gasteiger partial charge in [-0.2, -0.15) is 0 Å². The lowest BCUT2D eigenvalue weighted by molar-refractivity contribution is 0.0944. The van der Waals surface area contributed by atoms with Crippen molar-refractivity contribution >= 4 is 34.1 Å². The van der Waals surface area contributed by atoms with Crippen LogP contribution < -0.4 is 10.2 Å². The molecule has 4 nitrogen and oxygen atoms in total. The van der Waals surface area contributed by atoms with E-state index in [1.54, 1.807) is 0 Å². The molecule has 1 aromatic heterocycles. The number of rotatable bonds is 4. The molecule has 1 unspecified atom stereocenters. The molecule has 4 rings (SSSR count). The molecule has 2 aromatic carbocycles. The fraction of sp³-hybridized carbons (Fsp3) is 0.250. The lowest BCUT2D eigenvalue weighted by Crippen LogP contribution is -2.31. The number of carbonyl (C=O) groups excluding carboxylic acids is 1. The number of hydrogen-bond acceptors (Lipinski definition) is 2. The number of aromatic nitrogens is 1. The highest BCUT2D eigenvalue weighted by molar-refractivity contribution is 6.38. The van der Waals surface area contributed by atoms with Crippen LogP contribution in [0, 0.1) is 5.92 Å². The summed E-state index contributed by atoms with van der Waals surface area (Å²) in [6, 6.07) is 18.1. The first-order valence-corrected chi connectivity index (χ1v) is 8.94. The summed E-state index contributed by atoms with van der Waals surface area (Å²) >= 11 is 6.35. The Labute approximate surface area is 151 Å². The Kier molecular flexibility index (Phi) is 4.36. The van der Waals surface area contributed by atoms with Gasteiger partial charge < -0.3 is 15.2 Å². The lowest BCUT2D eigenvalue weighted by Gasteiger charge is -2.18. The SMILES string of the molecule is O=C(NCC1CCN(c2ccccc2)C1)c1[nH]c2ccccc2c1Cl. The van der Waals surface area contributed by atoms with Crippen molar-refractivity contribution < 1.29 is 4.79 Å². The third-order valence-electron chi connectivity index (χ3n) is 4.83. The second kappa shape index (κ2) is 6.81. The number of H-pyrrole nitrogens is 1. The molecule has 2 N–H and O–H groups in total. The van der Waals surface area contributed by atoms with Crippen molar-refractivity contribution in [2.24, 2.45) is 5.92 Å². The summed E-state index contributed by atoms with van der Waals surface area (Å²) in [5.74, 6) is 0.312. The Hall–Kier alpha value is -2.46. The molecule has 0 spiro atoms. The average Bonchev–Trinajstić information content (AvgIpc) is 3.26. The van der Waals surface area contributed by atoms with Crippen LogP contribution in [0.2, 0.25) is 5.02 Å². The van der Waals surface area contributed by atoms with Gasteiger partial charge in [-0.3, -0.25) is 4.79 Å². The van der Waals surface area contributed by atoms with Crippen molar-refractivity contribution in [3.63, 3.8) is 0 Å². The summed E-state index contributed by atoms with van der Waals surface area (Å²) in [4.78, 5) is 18.0. The van der Waals surface area contributed by atoms with E-state index in [1.165, 1.54) is 5.69 Å². The van der Waals surface area contributed by atoms with Gasteiger partial charge in [-0.05, 0) is 30.5 Å². The number of amides is 1. The van der Waals surface area contributed by atoms with E-state index >= 15 is 0 Å². The van der Waals surface area contributed by atoms with Crippen molar-refractivity contribution in [1.82, 2.24) is 10.3 Å².